The molecule has 0 amide bonds. The Labute approximate surface area is 111 Å². The Hall–Kier alpha value is -0.390. The van der Waals surface area contributed by atoms with E-state index >= 15 is 0 Å². The normalized spacial score (nSPS) is 32.9. The van der Waals surface area contributed by atoms with Gasteiger partial charge >= 0.3 is 11.0 Å². The van der Waals surface area contributed by atoms with Crippen LogP contribution in [0.5, 0.6) is 0 Å². The highest BCUT2D eigenvalue weighted by atomic mass is 35.5. The molecular formula is C10H18ClN4OS+. The molecule has 0 saturated carbocycles. The van der Waals surface area contributed by atoms with Crippen LogP contribution in [-0.2, 0) is 4.74 Å². The highest BCUT2D eigenvalue weighted by molar-refractivity contribution is 8.14. The van der Waals surface area contributed by atoms with Gasteiger partial charge in [-0.05, 0) is 25.6 Å². The van der Waals surface area contributed by atoms with Crippen molar-refractivity contribution in [1.29, 1.82) is 0 Å². The fourth-order valence-corrected chi connectivity index (χ4v) is 2.80. The van der Waals surface area contributed by atoms with Gasteiger partial charge in [0.15, 0.2) is 0 Å². The van der Waals surface area contributed by atoms with Gasteiger partial charge in [0.05, 0.1) is 31.0 Å². The van der Waals surface area contributed by atoms with Gasteiger partial charge in [-0.3, -0.25) is 10.6 Å². The highest BCUT2D eigenvalue weighted by Gasteiger charge is 2.33. The average Bonchev–Trinajstić information content (AvgIpc) is 2.82. The van der Waals surface area contributed by atoms with Crippen molar-refractivity contribution in [3.05, 3.63) is 0 Å². The predicted octanol–water partition coefficient (Wildman–Crippen LogP) is -0.347. The lowest BCUT2D eigenvalue weighted by Gasteiger charge is -2.31. The van der Waals surface area contributed by atoms with E-state index in [2.05, 4.69) is 27.1 Å². The molecule has 7 heteroatoms. The van der Waals surface area contributed by atoms with Gasteiger partial charge in [0, 0.05) is 11.8 Å². The summed E-state index contributed by atoms with van der Waals surface area (Å²) in [5, 5.41) is 7.57. The lowest BCUT2D eigenvalue weighted by molar-refractivity contribution is 0.00425. The first-order valence-electron chi connectivity index (χ1n) is 5.77. The van der Waals surface area contributed by atoms with Crippen LogP contribution in [-0.4, -0.2) is 48.1 Å². The number of hydrogen-bond donors (Lipinski definition) is 3. The van der Waals surface area contributed by atoms with Crippen LogP contribution < -0.4 is 20.1 Å². The molecule has 0 aromatic rings. The Morgan fingerprint density at radius 1 is 1.59 bits per heavy atom. The molecule has 5 nitrogen and oxygen atoms in total. The largest absolute Gasteiger partial charge is 0.375 e. The molecule has 17 heavy (non-hydrogen) atoms. The zero-order valence-electron chi connectivity index (χ0n) is 10.00. The molecule has 0 aromatic carbocycles. The first-order chi connectivity index (χ1) is 8.20. The Morgan fingerprint density at radius 2 is 2.41 bits per heavy atom. The van der Waals surface area contributed by atoms with Crippen molar-refractivity contribution in [2.24, 2.45) is 0 Å². The number of amidine groups is 2. The summed E-state index contributed by atoms with van der Waals surface area (Å²) in [4.78, 5) is 2.66. The van der Waals surface area contributed by atoms with Crippen molar-refractivity contribution in [3.63, 3.8) is 0 Å². The van der Waals surface area contributed by atoms with Crippen LogP contribution in [0.2, 0.25) is 0 Å². The van der Waals surface area contributed by atoms with Crippen LogP contribution in [0, 0.1) is 0 Å². The van der Waals surface area contributed by atoms with Gasteiger partial charge in [0.2, 0.25) is 0 Å². The van der Waals surface area contributed by atoms with Crippen LogP contribution in [0.25, 0.3) is 0 Å². The summed E-state index contributed by atoms with van der Waals surface area (Å²) in [7, 11) is 0. The third kappa shape index (κ3) is 3.30. The Balaban J connectivity index is 2.19. The van der Waals surface area contributed by atoms with E-state index in [1.807, 2.05) is 6.92 Å². The van der Waals surface area contributed by atoms with E-state index in [-0.39, 0.29) is 12.1 Å². The average molecular weight is 278 g/mol. The summed E-state index contributed by atoms with van der Waals surface area (Å²) in [5.74, 6) is 1.76. The first-order valence-corrected chi connectivity index (χ1v) is 7.13. The Morgan fingerprint density at radius 3 is 3.06 bits per heavy atom. The van der Waals surface area contributed by atoms with Crippen molar-refractivity contribution in [2.75, 3.05) is 18.9 Å². The summed E-state index contributed by atoms with van der Waals surface area (Å²) in [5.41, 5.74) is 0. The van der Waals surface area contributed by atoms with E-state index in [0.717, 1.165) is 24.1 Å². The molecule has 0 aromatic heterocycles. The van der Waals surface area contributed by atoms with Crippen LogP contribution in [0.3, 0.4) is 0 Å². The van der Waals surface area contributed by atoms with Crippen molar-refractivity contribution < 1.29 is 4.74 Å². The molecule has 0 radical (unpaired) electrons. The molecule has 2 fully saturated rings. The molecule has 0 spiro atoms. The molecular weight excluding hydrogens is 260 g/mol. The molecule has 3 atom stereocenters. The fourth-order valence-electron chi connectivity index (χ4n) is 1.87. The second-order valence-corrected chi connectivity index (χ2v) is 5.53. The second kappa shape index (κ2) is 5.98. The van der Waals surface area contributed by atoms with Crippen molar-refractivity contribution in [1.82, 2.24) is 20.1 Å². The molecule has 0 aliphatic carbocycles. The van der Waals surface area contributed by atoms with Crippen LogP contribution in [0.1, 0.15) is 13.8 Å². The minimum Gasteiger partial charge on any atom is -0.375 e. The van der Waals surface area contributed by atoms with E-state index in [1.165, 1.54) is 0 Å². The van der Waals surface area contributed by atoms with Crippen LogP contribution in [0.4, 0.5) is 0 Å². The topological polar surface area (TPSA) is 59.4 Å². The van der Waals surface area contributed by atoms with Crippen molar-refractivity contribution in [3.8, 4) is 0 Å². The van der Waals surface area contributed by atoms with E-state index < -0.39 is 0 Å². The Kier molecular flexibility index (Phi) is 4.59. The lowest BCUT2D eigenvalue weighted by Crippen LogP contribution is -2.58. The van der Waals surface area contributed by atoms with E-state index in [4.69, 9.17) is 16.5 Å². The lowest BCUT2D eigenvalue weighted by atomic mass is 10.1. The molecule has 2 rings (SSSR count). The molecule has 2 aliphatic heterocycles. The van der Waals surface area contributed by atoms with Gasteiger partial charge in [-0.15, -0.1) is 0 Å². The molecule has 3 unspecified atom stereocenters. The van der Waals surface area contributed by atoms with Crippen molar-refractivity contribution in [2.45, 2.75) is 32.0 Å². The molecule has 2 heterocycles. The zero-order valence-corrected chi connectivity index (χ0v) is 11.6. The van der Waals surface area contributed by atoms with Gasteiger partial charge in [0.25, 0.3) is 0 Å². The number of hydrogen-bond acceptors (Lipinski definition) is 3. The van der Waals surface area contributed by atoms with E-state index in [1.54, 1.807) is 11.8 Å². The van der Waals surface area contributed by atoms with E-state index in [0.29, 0.717) is 11.9 Å². The van der Waals surface area contributed by atoms with Gasteiger partial charge < -0.3 is 4.74 Å². The van der Waals surface area contributed by atoms with Crippen LogP contribution >= 0.6 is 23.5 Å². The first kappa shape index (κ1) is 13.1. The second-order valence-electron chi connectivity index (χ2n) is 4.26. The molecule has 2 saturated heterocycles. The number of morpholine rings is 1. The third-order valence-electron chi connectivity index (χ3n) is 2.77. The Bertz CT molecular complexity index is 337. The molecule has 0 bridgehead atoms. The summed E-state index contributed by atoms with van der Waals surface area (Å²) in [6, 6.07) is 0.312. The monoisotopic (exact) mass is 277 g/mol. The number of halogens is 1. The maximum Gasteiger partial charge on any atom is 0.345 e. The predicted molar refractivity (Wildman–Crippen MR) is 73.4 cm³/mol. The van der Waals surface area contributed by atoms with Gasteiger partial charge in [-0.2, -0.15) is 4.84 Å². The fraction of sp³-hybridized carbons (Fsp3) is 0.800. The zero-order chi connectivity index (χ0) is 12.3. The number of thioether (sulfide) groups is 1. The summed E-state index contributed by atoms with van der Waals surface area (Å²) < 4.78 is 10.2. The van der Waals surface area contributed by atoms with Gasteiger partial charge in [-0.25, -0.2) is 4.67 Å². The number of ether oxygens (including phenoxy) is 1. The molecule has 2 aliphatic rings. The minimum atomic E-state index is 0.00625. The summed E-state index contributed by atoms with van der Waals surface area (Å²) in [6.45, 7) is 5.78. The number of rotatable bonds is 1. The summed E-state index contributed by atoms with van der Waals surface area (Å²) >= 11 is 7.47. The quantitative estimate of drug-likeness (QED) is 0.265. The van der Waals surface area contributed by atoms with Gasteiger partial charge in [0.1, 0.15) is 6.04 Å². The highest BCUT2D eigenvalue weighted by Crippen LogP contribution is 2.09. The maximum atomic E-state index is 5.77. The summed E-state index contributed by atoms with van der Waals surface area (Å²) in [6.07, 6.45) is 0.0585. The third-order valence-corrected chi connectivity index (χ3v) is 3.88. The van der Waals surface area contributed by atoms with E-state index in [9.17, 15) is 0 Å². The molecule has 96 valence electrons. The smallest absolute Gasteiger partial charge is 0.345 e. The maximum absolute atomic E-state index is 5.77. The number of nitrogens with one attached hydrogen (secondary N) is 3. The van der Waals surface area contributed by atoms with Gasteiger partial charge in [-0.1, -0.05) is 0 Å². The number of nitrogens with zero attached hydrogens (tertiary/aromatic N) is 1. The SMILES string of the molecule is CC1COC(C)C(C(=[N+]=C2NCCS2)NCl)N1. The molecule has 3 N–H and O–H groups in total. The minimum absolute atomic E-state index is 0.00625. The van der Waals surface area contributed by atoms with Crippen molar-refractivity contribution >= 4 is 34.5 Å². The van der Waals surface area contributed by atoms with Crippen LogP contribution in [0.15, 0.2) is 0 Å². The standard InChI is InChI=1S/C10H17ClN4OS/c1-6-5-16-7(2)8(13-6)9(15-11)14-10-12-3-4-17-10/h6-8,13H,3-5H2,1-2H3,(H,12,14,15)/p+1.